The molecule has 0 radical (unpaired) electrons. The van der Waals surface area contributed by atoms with E-state index in [0.717, 1.165) is 34.2 Å². The van der Waals surface area contributed by atoms with Gasteiger partial charge in [-0.25, -0.2) is 0 Å². The average Bonchev–Trinajstić information content (AvgIpc) is 2.77. The van der Waals surface area contributed by atoms with Crippen LogP contribution < -0.4 is 15.4 Å². The van der Waals surface area contributed by atoms with E-state index in [4.69, 9.17) is 4.74 Å². The summed E-state index contributed by atoms with van der Waals surface area (Å²) in [5, 5.41) is 6.91. The summed E-state index contributed by atoms with van der Waals surface area (Å²) < 4.78 is 5.92. The summed E-state index contributed by atoms with van der Waals surface area (Å²) in [4.78, 5) is 26.4. The minimum Gasteiger partial charge on any atom is -0.493 e. The van der Waals surface area contributed by atoms with Crippen molar-refractivity contribution in [1.82, 2.24) is 4.98 Å². The fourth-order valence-electron chi connectivity index (χ4n) is 3.53. The first kappa shape index (κ1) is 19.2. The number of ether oxygens (including phenoxy) is 1. The number of aromatic nitrogens is 1. The largest absolute Gasteiger partial charge is 0.493 e. The number of amides is 1. The lowest BCUT2D eigenvalue weighted by molar-refractivity contribution is 0.100. The van der Waals surface area contributed by atoms with Gasteiger partial charge in [0.25, 0.3) is 0 Å². The molecule has 3 aromatic rings. The van der Waals surface area contributed by atoms with Gasteiger partial charge in [0.1, 0.15) is 5.75 Å². The standard InChI is InChI=1S/C22H20N3O3P/c26-22(25-27)19-7-9-23-13-20(19)24-12-16-8-10-28-21-11-15(3-6-18(16)21)14-1-4-17(29)5-2-14/h1-7,9,11,13,16,24H,8,10,12,29H2. The Morgan fingerprint density at radius 1 is 1.17 bits per heavy atom. The maximum absolute atomic E-state index is 11.7. The summed E-state index contributed by atoms with van der Waals surface area (Å²) in [6.45, 7) is 1.23. The molecule has 6 nitrogen and oxygen atoms in total. The molecule has 2 atom stereocenters. The van der Waals surface area contributed by atoms with Crippen LogP contribution >= 0.6 is 9.24 Å². The highest BCUT2D eigenvalue weighted by Gasteiger charge is 2.23. The molecule has 0 bridgehead atoms. The SMILES string of the molecule is O=NC(=O)c1ccncc1NCC1CCOc2cc(-c3ccc(P)cc3)ccc21. The molecule has 146 valence electrons. The Bertz CT molecular complexity index is 1050. The number of nitrogens with one attached hydrogen (secondary N) is 1. The fourth-order valence-corrected chi connectivity index (χ4v) is 3.73. The minimum absolute atomic E-state index is 0.217. The quantitative estimate of drug-likeness (QED) is 0.510. The number of carbonyl (C=O) groups excluding carboxylic acids is 1. The Morgan fingerprint density at radius 2 is 1.97 bits per heavy atom. The van der Waals surface area contributed by atoms with Crippen LogP contribution in [0.15, 0.2) is 66.1 Å². The molecule has 1 amide bonds. The van der Waals surface area contributed by atoms with Gasteiger partial charge in [-0.1, -0.05) is 36.4 Å². The molecule has 1 aliphatic rings. The molecule has 0 fully saturated rings. The molecule has 2 aromatic carbocycles. The monoisotopic (exact) mass is 405 g/mol. The van der Waals surface area contributed by atoms with Gasteiger partial charge in [-0.15, -0.1) is 14.1 Å². The number of fused-ring (bicyclic) bond motifs is 1. The molecule has 0 saturated carbocycles. The molecule has 29 heavy (non-hydrogen) atoms. The normalized spacial score (nSPS) is 15.1. The first-order chi connectivity index (χ1) is 14.2. The zero-order chi connectivity index (χ0) is 20.2. The van der Waals surface area contributed by atoms with E-state index in [1.54, 1.807) is 0 Å². The van der Waals surface area contributed by atoms with Crippen molar-refractivity contribution in [2.75, 3.05) is 18.5 Å². The van der Waals surface area contributed by atoms with Gasteiger partial charge in [0.2, 0.25) is 0 Å². The van der Waals surface area contributed by atoms with Gasteiger partial charge in [0.05, 0.1) is 24.1 Å². The molecular formula is C22H20N3O3P. The summed E-state index contributed by atoms with van der Waals surface area (Å²) in [5.41, 5.74) is 4.12. The van der Waals surface area contributed by atoms with E-state index in [2.05, 4.69) is 67.2 Å². The van der Waals surface area contributed by atoms with Crippen molar-refractivity contribution in [2.45, 2.75) is 12.3 Å². The van der Waals surface area contributed by atoms with Gasteiger partial charge in [0.15, 0.2) is 0 Å². The average molecular weight is 405 g/mol. The summed E-state index contributed by atoms with van der Waals surface area (Å²) in [7, 11) is 2.69. The molecule has 0 spiro atoms. The second kappa shape index (κ2) is 8.50. The Balaban J connectivity index is 1.54. The number of nitroso groups, excluding NO2 is 1. The van der Waals surface area contributed by atoms with E-state index in [-0.39, 0.29) is 11.5 Å². The van der Waals surface area contributed by atoms with E-state index in [1.165, 1.54) is 18.5 Å². The zero-order valence-corrected chi connectivity index (χ0v) is 16.8. The van der Waals surface area contributed by atoms with Crippen LogP contribution in [0.3, 0.4) is 0 Å². The van der Waals surface area contributed by atoms with Crippen molar-refractivity contribution < 1.29 is 9.53 Å². The van der Waals surface area contributed by atoms with E-state index in [0.29, 0.717) is 18.8 Å². The zero-order valence-electron chi connectivity index (χ0n) is 15.7. The number of hydrogen-bond donors (Lipinski definition) is 1. The van der Waals surface area contributed by atoms with Gasteiger partial charge in [0, 0.05) is 23.8 Å². The smallest absolute Gasteiger partial charge is 0.318 e. The predicted octanol–water partition coefficient (Wildman–Crippen LogP) is 4.13. The maximum Gasteiger partial charge on any atom is 0.318 e. The fraction of sp³-hybridized carbons (Fsp3) is 0.182. The van der Waals surface area contributed by atoms with Crippen molar-refractivity contribution in [3.8, 4) is 16.9 Å². The van der Waals surface area contributed by atoms with Crippen molar-refractivity contribution in [3.05, 3.63) is 77.0 Å². The second-order valence-electron chi connectivity index (χ2n) is 6.91. The number of hydrogen-bond acceptors (Lipinski definition) is 5. The molecule has 0 saturated heterocycles. The minimum atomic E-state index is -0.802. The molecular weight excluding hydrogens is 385 g/mol. The number of carbonyl (C=O) groups is 1. The summed E-state index contributed by atoms with van der Waals surface area (Å²) in [6.07, 6.45) is 3.87. The molecule has 7 heteroatoms. The van der Waals surface area contributed by atoms with Crippen molar-refractivity contribution in [1.29, 1.82) is 0 Å². The molecule has 0 aliphatic carbocycles. The molecule has 2 unspecified atom stereocenters. The van der Waals surface area contributed by atoms with Gasteiger partial charge in [-0.3, -0.25) is 9.78 Å². The molecule has 1 N–H and O–H groups in total. The molecule has 4 rings (SSSR count). The first-order valence-electron chi connectivity index (χ1n) is 9.34. The van der Waals surface area contributed by atoms with Crippen LogP contribution in [0.1, 0.15) is 28.3 Å². The summed E-state index contributed by atoms with van der Waals surface area (Å²) >= 11 is 0. The third-order valence-electron chi connectivity index (χ3n) is 5.09. The topological polar surface area (TPSA) is 80.7 Å². The second-order valence-corrected chi connectivity index (χ2v) is 7.57. The van der Waals surface area contributed by atoms with Crippen LogP contribution in [0.4, 0.5) is 5.69 Å². The van der Waals surface area contributed by atoms with Gasteiger partial charge >= 0.3 is 5.91 Å². The van der Waals surface area contributed by atoms with Crippen molar-refractivity contribution in [2.24, 2.45) is 5.18 Å². The predicted molar refractivity (Wildman–Crippen MR) is 117 cm³/mol. The highest BCUT2D eigenvalue weighted by molar-refractivity contribution is 7.27. The Hall–Kier alpha value is -3.11. The summed E-state index contributed by atoms with van der Waals surface area (Å²) in [5.74, 6) is 0.297. The number of pyridine rings is 1. The molecule has 2 heterocycles. The van der Waals surface area contributed by atoms with Crippen LogP contribution in [0, 0.1) is 4.91 Å². The third-order valence-corrected chi connectivity index (χ3v) is 5.48. The van der Waals surface area contributed by atoms with Crippen molar-refractivity contribution in [3.63, 3.8) is 0 Å². The number of benzene rings is 2. The van der Waals surface area contributed by atoms with Gasteiger partial charge in [-0.2, -0.15) is 0 Å². The Kier molecular flexibility index (Phi) is 5.63. The van der Waals surface area contributed by atoms with E-state index in [9.17, 15) is 9.70 Å². The Morgan fingerprint density at radius 3 is 2.76 bits per heavy atom. The third kappa shape index (κ3) is 4.17. The maximum atomic E-state index is 11.7. The van der Waals surface area contributed by atoms with Crippen LogP contribution in [0.25, 0.3) is 11.1 Å². The van der Waals surface area contributed by atoms with Crippen LogP contribution in [0.2, 0.25) is 0 Å². The lowest BCUT2D eigenvalue weighted by Crippen LogP contribution is -2.21. The van der Waals surface area contributed by atoms with Crippen LogP contribution in [0.5, 0.6) is 5.75 Å². The van der Waals surface area contributed by atoms with Crippen LogP contribution in [-0.2, 0) is 0 Å². The molecule has 1 aliphatic heterocycles. The van der Waals surface area contributed by atoms with E-state index in [1.807, 2.05) is 0 Å². The highest BCUT2D eigenvalue weighted by Crippen LogP contribution is 2.37. The number of nitrogens with zero attached hydrogens (tertiary/aromatic N) is 2. The Labute approximate surface area is 170 Å². The van der Waals surface area contributed by atoms with E-state index >= 15 is 0 Å². The lowest BCUT2D eigenvalue weighted by Gasteiger charge is -2.27. The van der Waals surface area contributed by atoms with Crippen LogP contribution in [-0.4, -0.2) is 24.0 Å². The van der Waals surface area contributed by atoms with Gasteiger partial charge < -0.3 is 10.1 Å². The summed E-state index contributed by atoms with van der Waals surface area (Å²) in [6, 6.07) is 16.1. The van der Waals surface area contributed by atoms with Gasteiger partial charge in [-0.05, 0) is 40.5 Å². The number of rotatable bonds is 5. The number of anilines is 1. The molecule has 1 aromatic heterocycles. The first-order valence-corrected chi connectivity index (χ1v) is 9.91. The highest BCUT2D eigenvalue weighted by atomic mass is 31.0. The van der Waals surface area contributed by atoms with E-state index < -0.39 is 5.91 Å². The lowest BCUT2D eigenvalue weighted by atomic mass is 9.91. The van der Waals surface area contributed by atoms with Crippen molar-refractivity contribution >= 4 is 26.1 Å².